The first kappa shape index (κ1) is 15.1. The van der Waals surface area contributed by atoms with Gasteiger partial charge in [0.15, 0.2) is 0 Å². The minimum atomic E-state index is -4.32. The number of alkyl halides is 3. The Labute approximate surface area is 127 Å². The average molecular weight is 396 g/mol. The molecule has 1 heterocycles. The van der Waals surface area contributed by atoms with Gasteiger partial charge in [0, 0.05) is 13.5 Å². The minimum Gasteiger partial charge on any atom is -0.493 e. The number of hydrogen-bond acceptors (Lipinski definition) is 2. The van der Waals surface area contributed by atoms with Crippen molar-refractivity contribution in [1.82, 2.24) is 9.78 Å². The Balaban J connectivity index is 1.92. The lowest BCUT2D eigenvalue weighted by molar-refractivity contribution is -0.137. The summed E-state index contributed by atoms with van der Waals surface area (Å²) in [6, 6.07) is 4.69. The van der Waals surface area contributed by atoms with Gasteiger partial charge in [0.2, 0.25) is 0 Å². The largest absolute Gasteiger partial charge is 0.493 e. The molecule has 20 heavy (non-hydrogen) atoms. The molecule has 0 spiro atoms. The van der Waals surface area contributed by atoms with Crippen molar-refractivity contribution in [2.45, 2.75) is 12.6 Å². The number of aryl methyl sites for hydroxylation is 1. The summed E-state index contributed by atoms with van der Waals surface area (Å²) in [5.41, 5.74) is 0.364. The topological polar surface area (TPSA) is 27.1 Å². The standard InChI is InChI=1S/C13H12F3IN2O/c1-19-12(11(17)8-18-19)6-7-20-10-4-2-9(3-5-10)13(14,15)16/h2-5,8H,6-7H2,1H3. The van der Waals surface area contributed by atoms with Crippen molar-refractivity contribution in [1.29, 1.82) is 0 Å². The van der Waals surface area contributed by atoms with Crippen LogP contribution in [0.2, 0.25) is 0 Å². The summed E-state index contributed by atoms with van der Waals surface area (Å²) in [5.74, 6) is 0.426. The lowest BCUT2D eigenvalue weighted by atomic mass is 10.2. The second-order valence-electron chi connectivity index (χ2n) is 4.18. The fourth-order valence-electron chi connectivity index (χ4n) is 1.72. The molecule has 0 unspecified atom stereocenters. The van der Waals surface area contributed by atoms with Gasteiger partial charge in [-0.25, -0.2) is 0 Å². The zero-order valence-corrected chi connectivity index (χ0v) is 12.8. The number of hydrogen-bond donors (Lipinski definition) is 0. The van der Waals surface area contributed by atoms with E-state index in [0.717, 1.165) is 21.4 Å². The van der Waals surface area contributed by atoms with Crippen LogP contribution in [0.4, 0.5) is 13.2 Å². The first-order valence-electron chi connectivity index (χ1n) is 5.84. The molecular weight excluding hydrogens is 384 g/mol. The van der Waals surface area contributed by atoms with E-state index in [2.05, 4.69) is 27.7 Å². The molecule has 0 saturated heterocycles. The van der Waals surface area contributed by atoms with Crippen LogP contribution < -0.4 is 4.74 Å². The van der Waals surface area contributed by atoms with Gasteiger partial charge in [0.25, 0.3) is 0 Å². The predicted molar refractivity (Wildman–Crippen MR) is 76.6 cm³/mol. The molecule has 0 amide bonds. The Morgan fingerprint density at radius 1 is 1.25 bits per heavy atom. The molecule has 7 heteroatoms. The monoisotopic (exact) mass is 396 g/mol. The summed E-state index contributed by atoms with van der Waals surface area (Å²) in [6.07, 6.45) is -1.91. The predicted octanol–water partition coefficient (Wildman–Crippen LogP) is 3.67. The highest BCUT2D eigenvalue weighted by Gasteiger charge is 2.29. The average Bonchev–Trinajstić information content (AvgIpc) is 2.70. The van der Waals surface area contributed by atoms with Gasteiger partial charge in [0.1, 0.15) is 5.75 Å². The van der Waals surface area contributed by atoms with Gasteiger partial charge in [-0.05, 0) is 46.9 Å². The van der Waals surface area contributed by atoms with Crippen LogP contribution in [0.1, 0.15) is 11.3 Å². The van der Waals surface area contributed by atoms with Gasteiger partial charge in [0.05, 0.1) is 27.6 Å². The van der Waals surface area contributed by atoms with E-state index in [0.29, 0.717) is 18.8 Å². The third-order valence-electron chi connectivity index (χ3n) is 2.80. The van der Waals surface area contributed by atoms with Gasteiger partial charge in [-0.2, -0.15) is 18.3 Å². The highest BCUT2D eigenvalue weighted by atomic mass is 127. The first-order chi connectivity index (χ1) is 9.38. The molecule has 0 atom stereocenters. The quantitative estimate of drug-likeness (QED) is 0.738. The molecule has 2 rings (SSSR count). The van der Waals surface area contributed by atoms with Crippen molar-refractivity contribution < 1.29 is 17.9 Å². The van der Waals surface area contributed by atoms with Crippen LogP contribution >= 0.6 is 22.6 Å². The summed E-state index contributed by atoms with van der Waals surface area (Å²) in [7, 11) is 1.84. The molecule has 1 aromatic heterocycles. The molecule has 0 aliphatic carbocycles. The lowest BCUT2D eigenvalue weighted by Gasteiger charge is -2.09. The Morgan fingerprint density at radius 2 is 1.90 bits per heavy atom. The second-order valence-corrected chi connectivity index (χ2v) is 5.35. The van der Waals surface area contributed by atoms with Gasteiger partial charge in [-0.1, -0.05) is 0 Å². The molecule has 0 saturated carbocycles. The highest BCUT2D eigenvalue weighted by molar-refractivity contribution is 14.1. The summed E-state index contributed by atoms with van der Waals surface area (Å²) in [6.45, 7) is 0.390. The van der Waals surface area contributed by atoms with Gasteiger partial charge >= 0.3 is 6.18 Å². The summed E-state index contributed by atoms with van der Waals surface area (Å²) < 4.78 is 45.4. The van der Waals surface area contributed by atoms with Gasteiger partial charge in [-0.3, -0.25) is 4.68 Å². The molecular formula is C13H12F3IN2O. The van der Waals surface area contributed by atoms with E-state index in [1.165, 1.54) is 12.1 Å². The van der Waals surface area contributed by atoms with E-state index in [1.807, 2.05) is 7.05 Å². The molecule has 0 radical (unpaired) electrons. The summed E-state index contributed by atoms with van der Waals surface area (Å²) in [4.78, 5) is 0. The van der Waals surface area contributed by atoms with Crippen LogP contribution in [0.3, 0.4) is 0 Å². The van der Waals surface area contributed by atoms with Crippen molar-refractivity contribution in [2.75, 3.05) is 6.61 Å². The van der Waals surface area contributed by atoms with Crippen LogP contribution in [-0.2, 0) is 19.6 Å². The SMILES string of the molecule is Cn1ncc(I)c1CCOc1ccc(C(F)(F)F)cc1. The maximum absolute atomic E-state index is 12.4. The van der Waals surface area contributed by atoms with Crippen molar-refractivity contribution in [3.8, 4) is 5.75 Å². The van der Waals surface area contributed by atoms with Crippen molar-refractivity contribution in [3.05, 3.63) is 45.3 Å². The smallest absolute Gasteiger partial charge is 0.416 e. The third-order valence-corrected chi connectivity index (χ3v) is 3.70. The normalized spacial score (nSPS) is 11.7. The molecule has 2 aromatic rings. The van der Waals surface area contributed by atoms with E-state index in [-0.39, 0.29) is 0 Å². The highest BCUT2D eigenvalue weighted by Crippen LogP contribution is 2.30. The van der Waals surface area contributed by atoms with Crippen LogP contribution in [0.5, 0.6) is 5.75 Å². The molecule has 108 valence electrons. The lowest BCUT2D eigenvalue weighted by Crippen LogP contribution is -2.08. The number of aromatic nitrogens is 2. The van der Waals surface area contributed by atoms with Gasteiger partial charge < -0.3 is 4.74 Å². The van der Waals surface area contributed by atoms with Crippen LogP contribution in [0, 0.1) is 3.57 Å². The molecule has 0 aliphatic heterocycles. The van der Waals surface area contributed by atoms with E-state index in [9.17, 15) is 13.2 Å². The van der Waals surface area contributed by atoms with E-state index in [4.69, 9.17) is 4.74 Å². The third kappa shape index (κ3) is 3.65. The maximum atomic E-state index is 12.4. The molecule has 3 nitrogen and oxygen atoms in total. The Bertz CT molecular complexity index is 559. The fraction of sp³-hybridized carbons (Fsp3) is 0.308. The number of halogens is 4. The van der Waals surface area contributed by atoms with Crippen molar-refractivity contribution in [3.63, 3.8) is 0 Å². The number of benzene rings is 1. The van der Waals surface area contributed by atoms with Crippen molar-refractivity contribution >= 4 is 22.6 Å². The fourth-order valence-corrected chi connectivity index (χ4v) is 2.47. The first-order valence-corrected chi connectivity index (χ1v) is 6.92. The van der Waals surface area contributed by atoms with Gasteiger partial charge in [-0.15, -0.1) is 0 Å². The second kappa shape index (κ2) is 6.02. The number of ether oxygens (including phenoxy) is 1. The zero-order valence-electron chi connectivity index (χ0n) is 10.6. The van der Waals surface area contributed by atoms with E-state index >= 15 is 0 Å². The van der Waals surface area contributed by atoms with E-state index < -0.39 is 11.7 Å². The van der Waals surface area contributed by atoms with E-state index in [1.54, 1.807) is 10.9 Å². The van der Waals surface area contributed by atoms with Crippen molar-refractivity contribution in [2.24, 2.45) is 7.05 Å². The Hall–Kier alpha value is -1.25. The van der Waals surface area contributed by atoms with Crippen LogP contribution in [0.15, 0.2) is 30.5 Å². The molecule has 0 fully saturated rings. The Morgan fingerprint density at radius 3 is 2.40 bits per heavy atom. The molecule has 0 aliphatic rings. The molecule has 0 N–H and O–H groups in total. The molecule has 0 bridgehead atoms. The number of rotatable bonds is 4. The number of nitrogens with zero attached hydrogens (tertiary/aromatic N) is 2. The van der Waals surface area contributed by atoms with Crippen LogP contribution in [-0.4, -0.2) is 16.4 Å². The minimum absolute atomic E-state index is 0.390. The summed E-state index contributed by atoms with van der Waals surface area (Å²) in [5, 5.41) is 4.11. The maximum Gasteiger partial charge on any atom is 0.416 e. The van der Waals surface area contributed by atoms with Crippen LogP contribution in [0.25, 0.3) is 0 Å². The molecule has 1 aromatic carbocycles. The zero-order chi connectivity index (χ0) is 14.8. The Kier molecular flexibility index (Phi) is 4.56. The summed E-state index contributed by atoms with van der Waals surface area (Å²) >= 11 is 2.18.